The molecule has 3 aromatic rings. The second-order valence-electron chi connectivity index (χ2n) is 5.29. The third kappa shape index (κ3) is 3.20. The number of aromatic hydroxyl groups is 1. The van der Waals surface area contributed by atoms with Crippen LogP contribution in [-0.4, -0.2) is 30.1 Å². The first-order valence-electron chi connectivity index (χ1n) is 6.94. The molecule has 1 fully saturated rings. The zero-order valence-electron chi connectivity index (χ0n) is 11.9. The number of benzene rings is 1. The molecular formula is C15H13BrClN5O. The Morgan fingerprint density at radius 1 is 1.17 bits per heavy atom. The molecule has 8 heteroatoms. The van der Waals surface area contributed by atoms with Gasteiger partial charge in [0.25, 0.3) is 0 Å². The molecule has 0 radical (unpaired) electrons. The molecule has 0 aliphatic heterocycles. The largest absolute Gasteiger partial charge is 0.493 e. The summed E-state index contributed by atoms with van der Waals surface area (Å²) in [6, 6.07) is 6.94. The molecular weight excluding hydrogens is 382 g/mol. The van der Waals surface area contributed by atoms with Gasteiger partial charge in [0.2, 0.25) is 5.88 Å². The van der Waals surface area contributed by atoms with Crippen LogP contribution in [-0.2, 0) is 0 Å². The van der Waals surface area contributed by atoms with Crippen molar-refractivity contribution in [1.29, 1.82) is 0 Å². The van der Waals surface area contributed by atoms with E-state index < -0.39 is 0 Å². The Labute approximate surface area is 147 Å². The van der Waals surface area contributed by atoms with Crippen LogP contribution >= 0.6 is 28.6 Å². The molecule has 2 aromatic heterocycles. The highest BCUT2D eigenvalue weighted by Gasteiger charge is 2.27. The van der Waals surface area contributed by atoms with Crippen LogP contribution < -0.4 is 0 Å². The van der Waals surface area contributed by atoms with Gasteiger partial charge in [-0.05, 0) is 31.0 Å². The van der Waals surface area contributed by atoms with Gasteiger partial charge in [0, 0.05) is 22.6 Å². The molecule has 2 heterocycles. The van der Waals surface area contributed by atoms with Crippen molar-refractivity contribution in [3.63, 3.8) is 0 Å². The highest BCUT2D eigenvalue weighted by atomic mass is 79.9. The smallest absolute Gasteiger partial charge is 0.214 e. The van der Waals surface area contributed by atoms with Crippen molar-refractivity contribution in [2.45, 2.75) is 18.8 Å². The summed E-state index contributed by atoms with van der Waals surface area (Å²) in [5.41, 5.74) is 3.15. The van der Waals surface area contributed by atoms with E-state index >= 15 is 0 Å². The maximum absolute atomic E-state index is 9.57. The van der Waals surface area contributed by atoms with Gasteiger partial charge in [-0.25, -0.2) is 14.6 Å². The monoisotopic (exact) mass is 393 g/mol. The van der Waals surface area contributed by atoms with Crippen molar-refractivity contribution in [1.82, 2.24) is 25.0 Å². The van der Waals surface area contributed by atoms with E-state index in [2.05, 4.69) is 20.3 Å². The summed E-state index contributed by atoms with van der Waals surface area (Å²) in [7, 11) is 0. The van der Waals surface area contributed by atoms with Crippen LogP contribution in [0.1, 0.15) is 24.5 Å². The van der Waals surface area contributed by atoms with E-state index in [1.165, 1.54) is 25.2 Å². The average molecular weight is 395 g/mol. The molecule has 1 aliphatic rings. The minimum atomic E-state index is -0.0896. The number of nitrogens with zero attached hydrogens (tertiary/aromatic N) is 5. The third-order valence-corrected chi connectivity index (χ3v) is 3.88. The Hall–Kier alpha value is -1.99. The van der Waals surface area contributed by atoms with Crippen molar-refractivity contribution >= 4 is 28.6 Å². The number of hydrogen-bond donors (Lipinski definition) is 1. The van der Waals surface area contributed by atoms with Gasteiger partial charge in [-0.2, -0.15) is 0 Å². The van der Waals surface area contributed by atoms with E-state index in [1.807, 2.05) is 12.3 Å². The van der Waals surface area contributed by atoms with Crippen molar-refractivity contribution < 1.29 is 5.11 Å². The van der Waals surface area contributed by atoms with Gasteiger partial charge in [-0.3, -0.25) is 0 Å². The summed E-state index contributed by atoms with van der Waals surface area (Å²) in [6.07, 6.45) is 5.59. The molecule has 0 saturated heterocycles. The maximum atomic E-state index is 9.57. The fraction of sp³-hybridized carbons (Fsp3) is 0.200. The van der Waals surface area contributed by atoms with E-state index in [0.717, 1.165) is 16.9 Å². The first-order valence-corrected chi connectivity index (χ1v) is 7.32. The minimum Gasteiger partial charge on any atom is -0.493 e. The molecule has 118 valence electrons. The lowest BCUT2D eigenvalue weighted by Crippen LogP contribution is -1.99. The molecule has 1 aromatic carbocycles. The Bertz CT molecular complexity index is 849. The van der Waals surface area contributed by atoms with Gasteiger partial charge in [0.1, 0.15) is 6.33 Å². The first kappa shape index (κ1) is 15.9. The highest BCUT2D eigenvalue weighted by Crippen LogP contribution is 2.39. The van der Waals surface area contributed by atoms with Gasteiger partial charge >= 0.3 is 0 Å². The zero-order valence-corrected chi connectivity index (χ0v) is 14.4. The van der Waals surface area contributed by atoms with E-state index in [1.54, 1.807) is 16.8 Å². The molecule has 0 unspecified atom stereocenters. The highest BCUT2D eigenvalue weighted by molar-refractivity contribution is 8.93. The summed E-state index contributed by atoms with van der Waals surface area (Å²) >= 11 is 6.11. The average Bonchev–Trinajstić information content (AvgIpc) is 3.25. The molecule has 23 heavy (non-hydrogen) atoms. The van der Waals surface area contributed by atoms with Gasteiger partial charge in [-0.15, -0.1) is 22.1 Å². The lowest BCUT2D eigenvalue weighted by atomic mass is 10.1. The van der Waals surface area contributed by atoms with Gasteiger partial charge < -0.3 is 5.11 Å². The topological polar surface area (TPSA) is 76.7 Å². The van der Waals surface area contributed by atoms with E-state index in [-0.39, 0.29) is 22.9 Å². The van der Waals surface area contributed by atoms with E-state index in [0.29, 0.717) is 16.6 Å². The molecule has 0 spiro atoms. The minimum absolute atomic E-state index is 0. The summed E-state index contributed by atoms with van der Waals surface area (Å²) < 4.78 is 1.72. The van der Waals surface area contributed by atoms with Crippen molar-refractivity contribution in [2.24, 2.45) is 0 Å². The van der Waals surface area contributed by atoms with Gasteiger partial charge in [0.05, 0.1) is 23.3 Å². The van der Waals surface area contributed by atoms with Crippen LogP contribution in [0.4, 0.5) is 0 Å². The lowest BCUT2D eigenvalue weighted by molar-refractivity contribution is 0.452. The molecule has 4 rings (SSSR count). The number of hydrogen-bond acceptors (Lipinski definition) is 5. The van der Waals surface area contributed by atoms with Crippen molar-refractivity contribution in [2.75, 3.05) is 0 Å². The molecule has 0 amide bonds. The Kier molecular flexibility index (Phi) is 4.32. The summed E-state index contributed by atoms with van der Waals surface area (Å²) in [4.78, 5) is 7.90. The quantitative estimate of drug-likeness (QED) is 0.735. The number of aromatic nitrogens is 5. The summed E-state index contributed by atoms with van der Waals surface area (Å²) in [6.45, 7) is 0. The molecule has 1 N–H and O–H groups in total. The summed E-state index contributed by atoms with van der Waals surface area (Å²) in [5, 5.41) is 18.6. The molecule has 0 atom stereocenters. The van der Waals surface area contributed by atoms with Crippen molar-refractivity contribution in [3.8, 4) is 22.8 Å². The molecule has 1 saturated carbocycles. The van der Waals surface area contributed by atoms with Crippen LogP contribution in [0.5, 0.6) is 5.88 Å². The summed E-state index contributed by atoms with van der Waals surface area (Å²) in [5.74, 6) is 0.445. The first-order chi connectivity index (χ1) is 10.7. The second-order valence-corrected chi connectivity index (χ2v) is 5.72. The Morgan fingerprint density at radius 3 is 2.74 bits per heavy atom. The fourth-order valence-corrected chi connectivity index (χ4v) is 2.54. The zero-order chi connectivity index (χ0) is 15.1. The van der Waals surface area contributed by atoms with Gasteiger partial charge in [0.15, 0.2) is 0 Å². The van der Waals surface area contributed by atoms with Crippen LogP contribution in [0.3, 0.4) is 0 Å². The van der Waals surface area contributed by atoms with E-state index in [9.17, 15) is 5.11 Å². The van der Waals surface area contributed by atoms with Crippen LogP contribution in [0.15, 0.2) is 36.8 Å². The predicted molar refractivity (Wildman–Crippen MR) is 91.4 cm³/mol. The second kappa shape index (κ2) is 6.25. The third-order valence-electron chi connectivity index (χ3n) is 3.64. The number of halogens is 2. The van der Waals surface area contributed by atoms with Crippen LogP contribution in [0, 0.1) is 0 Å². The van der Waals surface area contributed by atoms with Gasteiger partial charge in [-0.1, -0.05) is 16.8 Å². The van der Waals surface area contributed by atoms with Crippen LogP contribution in [0.2, 0.25) is 5.02 Å². The maximum Gasteiger partial charge on any atom is 0.214 e. The number of rotatable bonds is 3. The standard InChI is InChI=1S/C15H12ClN5O.BrH/c16-10-3-4-14(21-7-13(19-20-21)9-1-2-9)11(5-10)12-6-15(22)18-8-17-12;/h3-9H,1-2H2,(H,17,18,22);1H. The van der Waals surface area contributed by atoms with E-state index in [4.69, 9.17) is 11.6 Å². The lowest BCUT2D eigenvalue weighted by Gasteiger charge is -2.09. The normalized spacial score (nSPS) is 13.6. The molecule has 6 nitrogen and oxygen atoms in total. The molecule has 0 bridgehead atoms. The fourth-order valence-electron chi connectivity index (χ4n) is 2.37. The predicted octanol–water partition coefficient (Wildman–Crippen LogP) is 3.54. The Morgan fingerprint density at radius 2 is 2.00 bits per heavy atom. The van der Waals surface area contributed by atoms with Crippen molar-refractivity contribution in [3.05, 3.63) is 47.5 Å². The Balaban J connectivity index is 0.00000156. The van der Waals surface area contributed by atoms with Crippen LogP contribution in [0.25, 0.3) is 16.9 Å². The molecule has 1 aliphatic carbocycles. The SMILES string of the molecule is Br.Oc1cc(-c2cc(Cl)ccc2-n2cc(C3CC3)nn2)ncn1.